The lowest BCUT2D eigenvalue weighted by atomic mass is 10.1. The van der Waals surface area contributed by atoms with Crippen molar-refractivity contribution in [1.29, 1.82) is 0 Å². The molecule has 1 amide bonds. The summed E-state index contributed by atoms with van der Waals surface area (Å²) in [6.07, 6.45) is 5.21. The van der Waals surface area contributed by atoms with Crippen LogP contribution < -0.4 is 5.32 Å². The molecule has 0 bridgehead atoms. The van der Waals surface area contributed by atoms with Crippen LogP contribution in [0, 0.1) is 0 Å². The van der Waals surface area contributed by atoms with Crippen LogP contribution in [0.4, 0.5) is 0 Å². The van der Waals surface area contributed by atoms with Crippen LogP contribution in [0.15, 0.2) is 24.3 Å². The fourth-order valence-corrected chi connectivity index (χ4v) is 2.34. The number of rotatable bonds is 4. The molecule has 0 atom stereocenters. The number of Topliss-reactive ketones (excluding diaryl/α,β-unsaturated/α-hetero) is 1. The summed E-state index contributed by atoms with van der Waals surface area (Å²) in [7, 11) is 0. The van der Waals surface area contributed by atoms with Crippen LogP contribution in [0.2, 0.25) is 0 Å². The summed E-state index contributed by atoms with van der Waals surface area (Å²) >= 11 is 0. The molecule has 1 aromatic carbocycles. The maximum absolute atomic E-state index is 11.9. The molecule has 3 heteroatoms. The zero-order chi connectivity index (χ0) is 13.0. The van der Waals surface area contributed by atoms with Gasteiger partial charge in [-0.3, -0.25) is 9.59 Å². The number of nitrogens with one attached hydrogen (secondary N) is 1. The van der Waals surface area contributed by atoms with Crippen molar-refractivity contribution in [2.75, 3.05) is 0 Å². The summed E-state index contributed by atoms with van der Waals surface area (Å²) in [5.74, 6) is -0.893. The van der Waals surface area contributed by atoms with E-state index in [0.717, 1.165) is 32.1 Å². The van der Waals surface area contributed by atoms with Crippen molar-refractivity contribution in [3.05, 3.63) is 35.4 Å². The molecule has 1 fully saturated rings. The molecule has 0 aromatic heterocycles. The summed E-state index contributed by atoms with van der Waals surface area (Å²) in [4.78, 5) is 23.7. The molecule has 1 saturated carbocycles. The average Bonchev–Trinajstić information content (AvgIpc) is 2.91. The maximum Gasteiger partial charge on any atom is 0.292 e. The fourth-order valence-electron chi connectivity index (χ4n) is 2.34. The highest BCUT2D eigenvalue weighted by Crippen LogP contribution is 2.17. The normalized spacial score (nSPS) is 15.6. The standard InChI is InChI=1S/C15H19NO2/c1-2-11-7-9-12(10-8-11)14(17)15(18)16-13-5-3-4-6-13/h7-10,13H,2-6H2,1H3,(H,16,18). The third kappa shape index (κ3) is 2.97. The number of benzene rings is 1. The Hall–Kier alpha value is -1.64. The summed E-state index contributed by atoms with van der Waals surface area (Å²) in [6, 6.07) is 7.45. The van der Waals surface area contributed by atoms with Gasteiger partial charge in [0, 0.05) is 11.6 Å². The van der Waals surface area contributed by atoms with Gasteiger partial charge in [0.1, 0.15) is 0 Å². The third-order valence-corrected chi connectivity index (χ3v) is 3.52. The predicted molar refractivity (Wildman–Crippen MR) is 70.5 cm³/mol. The van der Waals surface area contributed by atoms with E-state index in [2.05, 4.69) is 12.2 Å². The van der Waals surface area contributed by atoms with E-state index in [4.69, 9.17) is 0 Å². The predicted octanol–water partition coefficient (Wildman–Crippen LogP) is 2.49. The van der Waals surface area contributed by atoms with Gasteiger partial charge < -0.3 is 5.32 Å². The second-order valence-corrected chi connectivity index (χ2v) is 4.83. The van der Waals surface area contributed by atoms with Crippen molar-refractivity contribution in [1.82, 2.24) is 5.32 Å². The van der Waals surface area contributed by atoms with E-state index in [1.54, 1.807) is 12.1 Å². The van der Waals surface area contributed by atoms with Crippen LogP contribution in [0.25, 0.3) is 0 Å². The summed E-state index contributed by atoms with van der Waals surface area (Å²) < 4.78 is 0. The molecule has 1 aliphatic carbocycles. The van der Waals surface area contributed by atoms with Gasteiger partial charge in [-0.05, 0) is 24.8 Å². The maximum atomic E-state index is 11.9. The van der Waals surface area contributed by atoms with Crippen molar-refractivity contribution in [3.63, 3.8) is 0 Å². The Morgan fingerprint density at radius 3 is 2.33 bits per heavy atom. The molecule has 3 nitrogen and oxygen atoms in total. The molecule has 2 rings (SSSR count). The first kappa shape index (κ1) is 12.8. The molecule has 0 aliphatic heterocycles. The lowest BCUT2D eigenvalue weighted by molar-refractivity contribution is -0.117. The lowest BCUT2D eigenvalue weighted by Gasteiger charge is -2.11. The Morgan fingerprint density at radius 1 is 1.17 bits per heavy atom. The van der Waals surface area contributed by atoms with Crippen molar-refractivity contribution in [2.45, 2.75) is 45.1 Å². The number of carbonyl (C=O) groups is 2. The zero-order valence-corrected chi connectivity index (χ0v) is 10.7. The minimum atomic E-state index is -0.467. The monoisotopic (exact) mass is 245 g/mol. The van der Waals surface area contributed by atoms with Crippen LogP contribution in [0.1, 0.15) is 48.5 Å². The van der Waals surface area contributed by atoms with E-state index in [-0.39, 0.29) is 6.04 Å². The van der Waals surface area contributed by atoms with Crippen LogP contribution in [-0.4, -0.2) is 17.7 Å². The molecule has 0 saturated heterocycles. The smallest absolute Gasteiger partial charge is 0.292 e. The number of hydrogen-bond donors (Lipinski definition) is 1. The fraction of sp³-hybridized carbons (Fsp3) is 0.467. The molecule has 1 aliphatic rings. The number of ketones is 1. The van der Waals surface area contributed by atoms with Crippen LogP contribution in [0.3, 0.4) is 0 Å². The van der Waals surface area contributed by atoms with Gasteiger partial charge in [-0.25, -0.2) is 0 Å². The number of carbonyl (C=O) groups excluding carboxylic acids is 2. The molecule has 1 aromatic rings. The number of amides is 1. The minimum Gasteiger partial charge on any atom is -0.346 e. The van der Waals surface area contributed by atoms with E-state index >= 15 is 0 Å². The van der Waals surface area contributed by atoms with Gasteiger partial charge in [-0.2, -0.15) is 0 Å². The molecular formula is C15H19NO2. The van der Waals surface area contributed by atoms with E-state index in [1.165, 1.54) is 5.56 Å². The molecule has 0 heterocycles. The first-order chi connectivity index (χ1) is 8.70. The molecule has 0 unspecified atom stereocenters. The second-order valence-electron chi connectivity index (χ2n) is 4.83. The Labute approximate surface area is 108 Å². The highest BCUT2D eigenvalue weighted by atomic mass is 16.2. The Kier molecular flexibility index (Phi) is 4.13. The number of aryl methyl sites for hydroxylation is 1. The van der Waals surface area contributed by atoms with Crippen LogP contribution in [-0.2, 0) is 11.2 Å². The zero-order valence-electron chi connectivity index (χ0n) is 10.7. The summed E-state index contributed by atoms with van der Waals surface area (Å²) in [6.45, 7) is 2.06. The van der Waals surface area contributed by atoms with Gasteiger partial charge in [0.15, 0.2) is 0 Å². The SMILES string of the molecule is CCc1ccc(C(=O)C(=O)NC2CCCC2)cc1. The van der Waals surface area contributed by atoms with E-state index in [0.29, 0.717) is 5.56 Å². The van der Waals surface area contributed by atoms with Crippen LogP contribution in [0.5, 0.6) is 0 Å². The molecule has 0 spiro atoms. The van der Waals surface area contributed by atoms with Gasteiger partial charge in [0.2, 0.25) is 5.78 Å². The van der Waals surface area contributed by atoms with Crippen LogP contribution >= 0.6 is 0 Å². The quantitative estimate of drug-likeness (QED) is 0.654. The van der Waals surface area contributed by atoms with Crippen molar-refractivity contribution >= 4 is 11.7 Å². The Bertz CT molecular complexity index is 430. The van der Waals surface area contributed by atoms with Gasteiger partial charge in [0.25, 0.3) is 5.91 Å². The summed E-state index contributed by atoms with van der Waals surface area (Å²) in [5.41, 5.74) is 1.64. The van der Waals surface area contributed by atoms with Crippen molar-refractivity contribution in [2.24, 2.45) is 0 Å². The van der Waals surface area contributed by atoms with E-state index in [9.17, 15) is 9.59 Å². The van der Waals surface area contributed by atoms with Gasteiger partial charge in [-0.15, -0.1) is 0 Å². The molecule has 96 valence electrons. The summed E-state index contributed by atoms with van der Waals surface area (Å²) in [5, 5.41) is 2.82. The average molecular weight is 245 g/mol. The van der Waals surface area contributed by atoms with E-state index < -0.39 is 11.7 Å². The third-order valence-electron chi connectivity index (χ3n) is 3.52. The number of hydrogen-bond acceptors (Lipinski definition) is 2. The second kappa shape index (κ2) is 5.80. The van der Waals surface area contributed by atoms with Crippen molar-refractivity contribution in [3.8, 4) is 0 Å². The van der Waals surface area contributed by atoms with Gasteiger partial charge in [-0.1, -0.05) is 44.0 Å². The van der Waals surface area contributed by atoms with Gasteiger partial charge in [0.05, 0.1) is 0 Å². The topological polar surface area (TPSA) is 46.2 Å². The largest absolute Gasteiger partial charge is 0.346 e. The molecule has 18 heavy (non-hydrogen) atoms. The lowest BCUT2D eigenvalue weighted by Crippen LogP contribution is -2.37. The Balaban J connectivity index is 1.98. The first-order valence-corrected chi connectivity index (χ1v) is 6.65. The first-order valence-electron chi connectivity index (χ1n) is 6.65. The highest BCUT2D eigenvalue weighted by molar-refractivity contribution is 6.42. The highest BCUT2D eigenvalue weighted by Gasteiger charge is 2.22. The minimum absolute atomic E-state index is 0.191. The van der Waals surface area contributed by atoms with E-state index in [1.807, 2.05) is 12.1 Å². The molecular weight excluding hydrogens is 226 g/mol. The molecule has 1 N–H and O–H groups in total. The molecule has 0 radical (unpaired) electrons. The van der Waals surface area contributed by atoms with Crippen molar-refractivity contribution < 1.29 is 9.59 Å². The van der Waals surface area contributed by atoms with Gasteiger partial charge >= 0.3 is 0 Å². The Morgan fingerprint density at radius 2 is 1.78 bits per heavy atom.